The Morgan fingerprint density at radius 1 is 1.25 bits per heavy atom. The van der Waals surface area contributed by atoms with E-state index in [0.29, 0.717) is 0 Å². The molecule has 0 bridgehead atoms. The quantitative estimate of drug-likeness (QED) is 0.623. The van der Waals surface area contributed by atoms with Gasteiger partial charge in [0.1, 0.15) is 5.52 Å². The van der Waals surface area contributed by atoms with Crippen LogP contribution in [-0.2, 0) is 12.8 Å². The predicted octanol–water partition coefficient (Wildman–Crippen LogP) is 2.32. The third-order valence-electron chi connectivity index (χ3n) is 3.20. The van der Waals surface area contributed by atoms with Gasteiger partial charge in [0.25, 0.3) is 5.56 Å². The minimum Gasteiger partial charge on any atom is -0.314 e. The lowest BCUT2D eigenvalue weighted by Crippen LogP contribution is -2.16. The normalized spacial score (nSPS) is 15.3. The molecule has 0 atom stereocenters. The summed E-state index contributed by atoms with van der Waals surface area (Å²) in [5, 5.41) is 0. The highest BCUT2D eigenvalue weighted by atomic mass is 33.1. The van der Waals surface area contributed by atoms with Gasteiger partial charge in [-0.05, 0) is 37.3 Å². The van der Waals surface area contributed by atoms with Crippen molar-refractivity contribution in [1.29, 1.82) is 0 Å². The first-order valence-electron chi connectivity index (χ1n) is 5.37. The van der Waals surface area contributed by atoms with Crippen molar-refractivity contribution in [2.75, 3.05) is 0 Å². The highest BCUT2D eigenvalue weighted by Gasteiger charge is 2.16. The summed E-state index contributed by atoms with van der Waals surface area (Å²) in [5.41, 5.74) is 3.45. The molecule has 0 saturated carbocycles. The van der Waals surface area contributed by atoms with E-state index in [4.69, 9.17) is 0 Å². The molecule has 1 aliphatic rings. The van der Waals surface area contributed by atoms with E-state index in [0.717, 1.165) is 29.3 Å². The summed E-state index contributed by atoms with van der Waals surface area (Å²) in [4.78, 5) is 12.0. The van der Waals surface area contributed by atoms with Crippen LogP contribution in [0, 0.1) is 0 Å². The zero-order valence-electron chi connectivity index (χ0n) is 8.72. The Kier molecular flexibility index (Phi) is 2.52. The number of fused-ring (bicyclic) bond motifs is 3. The van der Waals surface area contributed by atoms with Gasteiger partial charge in [0.2, 0.25) is 0 Å². The molecule has 16 heavy (non-hydrogen) atoms. The first-order valence-corrected chi connectivity index (χ1v) is 7.20. The number of hydrogen-bond acceptors (Lipinski definition) is 3. The minimum absolute atomic E-state index is 0.0249. The van der Waals surface area contributed by atoms with Crippen LogP contribution >= 0.6 is 22.6 Å². The average molecular weight is 252 g/mol. The van der Waals surface area contributed by atoms with E-state index >= 15 is 0 Å². The Hall–Kier alpha value is -0.810. The van der Waals surface area contributed by atoms with Gasteiger partial charge in [0.05, 0.1) is 0 Å². The minimum atomic E-state index is 0.0249. The molecule has 0 aromatic carbocycles. The van der Waals surface area contributed by atoms with Gasteiger partial charge < -0.3 is 4.40 Å². The summed E-state index contributed by atoms with van der Waals surface area (Å²) in [7, 11) is 1.14. The van der Waals surface area contributed by atoms with Gasteiger partial charge in [-0.2, -0.15) is 0 Å². The molecule has 1 aliphatic carbocycles. The fraction of sp³-hybridized carbons (Fsp3) is 0.364. The molecular formula is C11H12N2OS2. The van der Waals surface area contributed by atoms with Crippen LogP contribution < -0.4 is 5.56 Å². The van der Waals surface area contributed by atoms with E-state index in [1.165, 1.54) is 24.1 Å². The number of nitrogens with zero attached hydrogens (tertiary/aromatic N) is 2. The molecule has 0 aliphatic heterocycles. The van der Waals surface area contributed by atoms with Gasteiger partial charge in [-0.15, -0.1) is 0 Å². The van der Waals surface area contributed by atoms with E-state index in [1.807, 2.05) is 16.7 Å². The zero-order chi connectivity index (χ0) is 11.1. The lowest BCUT2D eigenvalue weighted by molar-refractivity contribution is 0.668. The maximum atomic E-state index is 12.0. The van der Waals surface area contributed by atoms with Crippen LogP contribution in [-0.4, -0.2) is 8.37 Å². The monoisotopic (exact) mass is 252 g/mol. The maximum absolute atomic E-state index is 12.0. The highest BCUT2D eigenvalue weighted by Crippen LogP contribution is 2.24. The maximum Gasteiger partial charge on any atom is 0.285 e. The molecule has 0 fully saturated rings. The third-order valence-corrected chi connectivity index (χ3v) is 4.19. The first-order chi connectivity index (χ1) is 7.81. The van der Waals surface area contributed by atoms with Crippen molar-refractivity contribution in [3.63, 3.8) is 0 Å². The van der Waals surface area contributed by atoms with Crippen LogP contribution in [0.2, 0.25) is 0 Å². The molecule has 0 radical (unpaired) electrons. The topological polar surface area (TPSA) is 26.4 Å². The molecule has 2 aromatic heterocycles. The molecule has 0 unspecified atom stereocenters. The number of aryl methyl sites for hydroxylation is 2. The summed E-state index contributed by atoms with van der Waals surface area (Å²) in [6.07, 6.45) is 8.39. The van der Waals surface area contributed by atoms with Gasteiger partial charge >= 0.3 is 0 Å². The third kappa shape index (κ3) is 1.42. The van der Waals surface area contributed by atoms with Gasteiger partial charge in [0.15, 0.2) is 0 Å². The summed E-state index contributed by atoms with van der Waals surface area (Å²) < 4.78 is 3.58. The number of rotatable bonds is 1. The van der Waals surface area contributed by atoms with Crippen molar-refractivity contribution in [1.82, 2.24) is 8.37 Å². The standard InChI is InChI=1S/C11H12N2OS2/c14-11-10-7-8-3-1-2-4-9(8)12(10)5-6-13(11)16-15/h5-7,15H,1-4H2. The highest BCUT2D eigenvalue weighted by molar-refractivity contribution is 8.67. The van der Waals surface area contributed by atoms with Crippen LogP contribution in [0.1, 0.15) is 24.1 Å². The fourth-order valence-electron chi connectivity index (χ4n) is 2.43. The van der Waals surface area contributed by atoms with Crippen molar-refractivity contribution in [2.45, 2.75) is 25.7 Å². The van der Waals surface area contributed by atoms with Crippen molar-refractivity contribution in [3.05, 3.63) is 40.1 Å². The second-order valence-electron chi connectivity index (χ2n) is 4.09. The fourth-order valence-corrected chi connectivity index (χ4v) is 3.09. The number of hydrogen-bond donors (Lipinski definition) is 1. The van der Waals surface area contributed by atoms with Crippen LogP contribution in [0.25, 0.3) is 5.52 Å². The van der Waals surface area contributed by atoms with Crippen molar-refractivity contribution in [3.8, 4) is 0 Å². The number of aromatic nitrogens is 2. The molecular weight excluding hydrogens is 240 g/mol. The molecule has 3 rings (SSSR count). The summed E-state index contributed by atoms with van der Waals surface area (Å²) >= 11 is 4.07. The predicted molar refractivity (Wildman–Crippen MR) is 70.3 cm³/mol. The van der Waals surface area contributed by atoms with E-state index in [1.54, 1.807) is 10.2 Å². The van der Waals surface area contributed by atoms with E-state index in [-0.39, 0.29) is 5.56 Å². The molecule has 2 aromatic rings. The molecule has 84 valence electrons. The van der Waals surface area contributed by atoms with Gasteiger partial charge in [-0.1, -0.05) is 11.7 Å². The summed E-state index contributed by atoms with van der Waals surface area (Å²) in [5.74, 6) is 0. The Labute approximate surface area is 102 Å². The van der Waals surface area contributed by atoms with Crippen LogP contribution in [0.4, 0.5) is 0 Å². The Bertz CT molecular complexity index is 600. The molecule has 0 N–H and O–H groups in total. The zero-order valence-corrected chi connectivity index (χ0v) is 10.4. The van der Waals surface area contributed by atoms with Crippen molar-refractivity contribution < 1.29 is 0 Å². The van der Waals surface area contributed by atoms with Gasteiger partial charge in [0, 0.05) is 29.1 Å². The van der Waals surface area contributed by atoms with Gasteiger partial charge in [-0.3, -0.25) is 4.79 Å². The Morgan fingerprint density at radius 3 is 2.88 bits per heavy atom. The molecule has 0 amide bonds. The summed E-state index contributed by atoms with van der Waals surface area (Å²) in [6, 6.07) is 2.04. The second kappa shape index (κ2) is 3.89. The SMILES string of the molecule is O=c1c2cc3c(n2ccn1SS)CCCC3. The molecule has 0 saturated heterocycles. The second-order valence-corrected chi connectivity index (χ2v) is 5.14. The van der Waals surface area contributed by atoms with Gasteiger partial charge in [-0.25, -0.2) is 3.97 Å². The van der Waals surface area contributed by atoms with Crippen LogP contribution in [0.3, 0.4) is 0 Å². The largest absolute Gasteiger partial charge is 0.314 e. The molecule has 2 heterocycles. The van der Waals surface area contributed by atoms with Crippen LogP contribution in [0.15, 0.2) is 23.3 Å². The molecule has 0 spiro atoms. The Balaban J connectivity index is 2.34. The van der Waals surface area contributed by atoms with Crippen molar-refractivity contribution in [2.24, 2.45) is 0 Å². The summed E-state index contributed by atoms with van der Waals surface area (Å²) in [6.45, 7) is 0. The lowest BCUT2D eigenvalue weighted by atomic mass is 9.98. The number of thiol groups is 1. The lowest BCUT2D eigenvalue weighted by Gasteiger charge is -2.11. The van der Waals surface area contributed by atoms with E-state index < -0.39 is 0 Å². The molecule has 5 heteroatoms. The van der Waals surface area contributed by atoms with Crippen molar-refractivity contribution >= 4 is 28.2 Å². The smallest absolute Gasteiger partial charge is 0.285 e. The average Bonchev–Trinajstić information content (AvgIpc) is 2.69. The molecule has 3 nitrogen and oxygen atoms in total. The first kappa shape index (κ1) is 10.4. The van der Waals surface area contributed by atoms with Crippen LogP contribution in [0.5, 0.6) is 0 Å². The Morgan fingerprint density at radius 2 is 2.06 bits per heavy atom. The van der Waals surface area contributed by atoms with E-state index in [9.17, 15) is 4.79 Å². The van der Waals surface area contributed by atoms with E-state index in [2.05, 4.69) is 11.7 Å².